The maximum absolute atomic E-state index is 13.0. The Hall–Kier alpha value is -2.18. The average molecular weight is 382 g/mol. The fourth-order valence-electron chi connectivity index (χ4n) is 2.93. The molecule has 0 aliphatic carbocycles. The molecular weight excluding hydrogens is 362 g/mol. The van der Waals surface area contributed by atoms with Crippen LogP contribution in [0.15, 0.2) is 53.0 Å². The minimum absolute atomic E-state index is 0.0548. The van der Waals surface area contributed by atoms with Crippen molar-refractivity contribution in [3.63, 3.8) is 0 Å². The van der Waals surface area contributed by atoms with E-state index in [1.165, 1.54) is 16.9 Å². The maximum Gasteiger partial charge on any atom is 0.277 e. The highest BCUT2D eigenvalue weighted by Crippen LogP contribution is 2.35. The number of fused-ring (bicyclic) bond motifs is 1. The van der Waals surface area contributed by atoms with Gasteiger partial charge in [0.05, 0.1) is 11.9 Å². The summed E-state index contributed by atoms with van der Waals surface area (Å²) >= 11 is 3.27. The second-order valence-corrected chi connectivity index (χ2v) is 8.46. The number of hydrogen-bond acceptors (Lipinski definition) is 5. The Labute approximate surface area is 161 Å². The van der Waals surface area contributed by atoms with E-state index in [1.807, 2.05) is 11.4 Å². The summed E-state index contributed by atoms with van der Waals surface area (Å²) in [4.78, 5) is 24.6. The molecule has 4 nitrogen and oxygen atoms in total. The predicted octanol–water partition coefficient (Wildman–Crippen LogP) is 5.08. The molecule has 1 amide bonds. The van der Waals surface area contributed by atoms with E-state index in [-0.39, 0.29) is 5.91 Å². The number of pyridine rings is 1. The predicted molar refractivity (Wildman–Crippen MR) is 108 cm³/mol. The number of amides is 1. The standard InChI is InChI=1S/C20H19N3OS2/c1-13(2)14-3-5-15(6-4-14)19-22-16(12-26-19)20(24)23-9-10-25-18-7-8-21-11-17(18)23/h3-8,11-13H,9-10H2,1-2H3. The summed E-state index contributed by atoms with van der Waals surface area (Å²) < 4.78 is 0. The van der Waals surface area contributed by atoms with Crippen LogP contribution in [0.1, 0.15) is 35.8 Å². The first-order chi connectivity index (χ1) is 12.6. The van der Waals surface area contributed by atoms with Crippen molar-refractivity contribution in [3.05, 3.63) is 59.4 Å². The Morgan fingerprint density at radius 1 is 1.19 bits per heavy atom. The van der Waals surface area contributed by atoms with Crippen LogP contribution >= 0.6 is 23.1 Å². The van der Waals surface area contributed by atoms with Gasteiger partial charge in [-0.2, -0.15) is 0 Å². The number of thioether (sulfide) groups is 1. The second kappa shape index (κ2) is 7.21. The van der Waals surface area contributed by atoms with Crippen molar-refractivity contribution >= 4 is 34.7 Å². The van der Waals surface area contributed by atoms with Crippen molar-refractivity contribution in [2.75, 3.05) is 17.2 Å². The summed E-state index contributed by atoms with van der Waals surface area (Å²) in [6.45, 7) is 5.04. The van der Waals surface area contributed by atoms with Gasteiger partial charge in [0.2, 0.25) is 0 Å². The van der Waals surface area contributed by atoms with Crippen LogP contribution in [0.3, 0.4) is 0 Å². The molecule has 0 bridgehead atoms. The molecule has 1 aliphatic rings. The molecular formula is C20H19N3OS2. The molecule has 0 unspecified atom stereocenters. The van der Waals surface area contributed by atoms with Gasteiger partial charge in [-0.15, -0.1) is 23.1 Å². The van der Waals surface area contributed by atoms with Gasteiger partial charge in [0, 0.05) is 34.3 Å². The minimum atomic E-state index is -0.0548. The lowest BCUT2D eigenvalue weighted by atomic mass is 10.0. The Balaban J connectivity index is 1.59. The van der Waals surface area contributed by atoms with Crippen LogP contribution in [0.25, 0.3) is 10.6 Å². The highest BCUT2D eigenvalue weighted by Gasteiger charge is 2.26. The molecule has 0 spiro atoms. The van der Waals surface area contributed by atoms with Crippen LogP contribution in [0.5, 0.6) is 0 Å². The van der Waals surface area contributed by atoms with Crippen molar-refractivity contribution in [1.82, 2.24) is 9.97 Å². The van der Waals surface area contributed by atoms with Gasteiger partial charge in [-0.25, -0.2) is 4.98 Å². The third-order valence-electron chi connectivity index (χ3n) is 4.42. The molecule has 0 N–H and O–H groups in total. The van der Waals surface area contributed by atoms with Crippen LogP contribution in [-0.4, -0.2) is 28.2 Å². The third kappa shape index (κ3) is 3.27. The number of benzene rings is 1. The molecule has 1 aliphatic heterocycles. The SMILES string of the molecule is CC(C)c1ccc(-c2nc(C(=O)N3CCSc4ccncc43)cs2)cc1. The normalized spacial score (nSPS) is 13.7. The first-order valence-electron chi connectivity index (χ1n) is 8.58. The van der Waals surface area contributed by atoms with Gasteiger partial charge in [0.1, 0.15) is 10.7 Å². The summed E-state index contributed by atoms with van der Waals surface area (Å²) in [6.07, 6.45) is 3.53. The lowest BCUT2D eigenvalue weighted by molar-refractivity contribution is 0.0983. The van der Waals surface area contributed by atoms with E-state index in [1.54, 1.807) is 29.1 Å². The highest BCUT2D eigenvalue weighted by molar-refractivity contribution is 7.99. The molecule has 0 saturated heterocycles. The fourth-order valence-corrected chi connectivity index (χ4v) is 4.69. The van der Waals surface area contributed by atoms with Gasteiger partial charge in [-0.3, -0.25) is 9.78 Å². The first kappa shape index (κ1) is 17.2. The number of hydrogen-bond donors (Lipinski definition) is 0. The van der Waals surface area contributed by atoms with Gasteiger partial charge in [0.15, 0.2) is 0 Å². The lowest BCUT2D eigenvalue weighted by Gasteiger charge is -2.27. The van der Waals surface area contributed by atoms with E-state index < -0.39 is 0 Å². The summed E-state index contributed by atoms with van der Waals surface area (Å²) in [5.74, 6) is 1.33. The van der Waals surface area contributed by atoms with Crippen LogP contribution in [0.2, 0.25) is 0 Å². The molecule has 0 atom stereocenters. The van der Waals surface area contributed by atoms with Gasteiger partial charge in [-0.05, 0) is 17.5 Å². The molecule has 3 aromatic rings. The number of aromatic nitrogens is 2. The van der Waals surface area contributed by atoms with Gasteiger partial charge < -0.3 is 4.90 Å². The first-order valence-corrected chi connectivity index (χ1v) is 10.4. The van der Waals surface area contributed by atoms with E-state index in [4.69, 9.17) is 0 Å². The van der Waals surface area contributed by atoms with Crippen molar-refractivity contribution in [1.29, 1.82) is 0 Å². The van der Waals surface area contributed by atoms with Crippen LogP contribution in [0, 0.1) is 0 Å². The van der Waals surface area contributed by atoms with Crippen molar-refractivity contribution < 1.29 is 4.79 Å². The molecule has 0 fully saturated rings. The van der Waals surface area contributed by atoms with Crippen LogP contribution in [0.4, 0.5) is 5.69 Å². The zero-order valence-corrected chi connectivity index (χ0v) is 16.3. The Bertz CT molecular complexity index is 934. The molecule has 2 aromatic heterocycles. The summed E-state index contributed by atoms with van der Waals surface area (Å²) in [5, 5.41) is 2.73. The van der Waals surface area contributed by atoms with E-state index >= 15 is 0 Å². The molecule has 4 rings (SSSR count). The highest BCUT2D eigenvalue weighted by atomic mass is 32.2. The van der Waals surface area contributed by atoms with E-state index in [0.29, 0.717) is 18.2 Å². The second-order valence-electron chi connectivity index (χ2n) is 6.46. The van der Waals surface area contributed by atoms with Gasteiger partial charge in [0.25, 0.3) is 5.91 Å². The van der Waals surface area contributed by atoms with Crippen LogP contribution < -0.4 is 4.90 Å². The summed E-state index contributed by atoms with van der Waals surface area (Å²) in [5.41, 5.74) is 3.73. The Morgan fingerprint density at radius 3 is 2.77 bits per heavy atom. The number of carbonyl (C=O) groups excluding carboxylic acids is 1. The Morgan fingerprint density at radius 2 is 2.00 bits per heavy atom. The molecule has 6 heteroatoms. The smallest absolute Gasteiger partial charge is 0.277 e. The maximum atomic E-state index is 13.0. The molecule has 26 heavy (non-hydrogen) atoms. The Kier molecular flexibility index (Phi) is 4.78. The number of rotatable bonds is 3. The minimum Gasteiger partial charge on any atom is -0.304 e. The average Bonchev–Trinajstić information content (AvgIpc) is 3.17. The number of nitrogens with zero attached hydrogens (tertiary/aromatic N) is 3. The fraction of sp³-hybridized carbons (Fsp3) is 0.250. The van der Waals surface area contributed by atoms with E-state index in [9.17, 15) is 4.79 Å². The molecule has 132 valence electrons. The number of anilines is 1. The molecule has 0 saturated carbocycles. The topological polar surface area (TPSA) is 46.1 Å². The zero-order chi connectivity index (χ0) is 18.1. The molecule has 0 radical (unpaired) electrons. The molecule has 3 heterocycles. The quantitative estimate of drug-likeness (QED) is 0.635. The van der Waals surface area contributed by atoms with Crippen molar-refractivity contribution in [2.24, 2.45) is 0 Å². The van der Waals surface area contributed by atoms with Crippen LogP contribution in [-0.2, 0) is 0 Å². The van der Waals surface area contributed by atoms with Crippen molar-refractivity contribution in [3.8, 4) is 10.6 Å². The number of thiazole rings is 1. The summed E-state index contributed by atoms with van der Waals surface area (Å²) in [7, 11) is 0. The van der Waals surface area contributed by atoms with Gasteiger partial charge in [-0.1, -0.05) is 38.1 Å². The number of carbonyl (C=O) groups is 1. The third-order valence-corrected chi connectivity index (χ3v) is 6.35. The van der Waals surface area contributed by atoms with Gasteiger partial charge >= 0.3 is 0 Å². The monoisotopic (exact) mass is 381 g/mol. The largest absolute Gasteiger partial charge is 0.304 e. The summed E-state index contributed by atoms with van der Waals surface area (Å²) in [6, 6.07) is 10.4. The van der Waals surface area contributed by atoms with Crippen molar-refractivity contribution in [2.45, 2.75) is 24.7 Å². The lowest BCUT2D eigenvalue weighted by Crippen LogP contribution is -2.35. The van der Waals surface area contributed by atoms with E-state index in [0.717, 1.165) is 26.9 Å². The van der Waals surface area contributed by atoms with E-state index in [2.05, 4.69) is 48.1 Å². The zero-order valence-electron chi connectivity index (χ0n) is 14.7. The molecule has 1 aromatic carbocycles.